The quantitative estimate of drug-likeness (QED) is 0.720. The van der Waals surface area contributed by atoms with Crippen LogP contribution in [-0.2, 0) is 16.0 Å². The molecule has 0 unspecified atom stereocenters. The molecular weight excluding hydrogens is 256 g/mol. The average molecular weight is 269 g/mol. The van der Waals surface area contributed by atoms with Crippen molar-refractivity contribution in [1.82, 2.24) is 0 Å². The zero-order chi connectivity index (χ0) is 13.3. The Balaban J connectivity index is 2.44. The second-order valence-electron chi connectivity index (χ2n) is 4.06. The number of carbonyl (C=O) groups is 2. The molecule has 18 heavy (non-hydrogen) atoms. The predicted molar refractivity (Wildman–Crippen MR) is 69.0 cm³/mol. The Kier molecular flexibility index (Phi) is 3.43. The van der Waals surface area contributed by atoms with E-state index in [1.54, 1.807) is 6.92 Å². The van der Waals surface area contributed by atoms with Crippen molar-refractivity contribution in [2.45, 2.75) is 26.2 Å². The van der Waals surface area contributed by atoms with Gasteiger partial charge in [-0.3, -0.25) is 9.59 Å². The molecule has 0 spiro atoms. The summed E-state index contributed by atoms with van der Waals surface area (Å²) >= 11 is 6.03. The van der Waals surface area contributed by atoms with E-state index in [1.165, 1.54) is 6.07 Å². The number of halogens is 1. The Morgan fingerprint density at radius 2 is 2.28 bits per heavy atom. The van der Waals surface area contributed by atoms with E-state index >= 15 is 0 Å². The largest absolute Gasteiger partial charge is 0.505 e. The van der Waals surface area contributed by atoms with Crippen LogP contribution in [0.3, 0.4) is 0 Å². The van der Waals surface area contributed by atoms with Gasteiger partial charge in [0, 0.05) is 18.4 Å². The molecule has 0 bridgehead atoms. The van der Waals surface area contributed by atoms with Crippen molar-refractivity contribution in [3.05, 3.63) is 16.7 Å². The van der Waals surface area contributed by atoms with Gasteiger partial charge in [-0.2, -0.15) is 0 Å². The van der Waals surface area contributed by atoms with Crippen LogP contribution in [0.1, 0.15) is 25.3 Å². The Morgan fingerprint density at radius 1 is 1.56 bits per heavy atom. The van der Waals surface area contributed by atoms with Gasteiger partial charge in [-0.15, -0.1) is 0 Å². The minimum atomic E-state index is -0.207. The highest BCUT2D eigenvalue weighted by atomic mass is 35.5. The van der Waals surface area contributed by atoms with E-state index in [4.69, 9.17) is 11.6 Å². The van der Waals surface area contributed by atoms with Gasteiger partial charge in [0.15, 0.2) is 0 Å². The van der Waals surface area contributed by atoms with Crippen molar-refractivity contribution in [3.8, 4) is 5.75 Å². The molecule has 2 amide bonds. The number of anilines is 2. The molecule has 0 radical (unpaired) electrons. The molecule has 0 atom stereocenters. The maximum absolute atomic E-state index is 11.3. The fourth-order valence-electron chi connectivity index (χ4n) is 1.85. The van der Waals surface area contributed by atoms with Crippen LogP contribution in [0, 0.1) is 0 Å². The third kappa shape index (κ3) is 2.26. The number of fused-ring (bicyclic) bond motifs is 1. The Labute approximate surface area is 109 Å². The molecule has 1 aromatic carbocycles. The summed E-state index contributed by atoms with van der Waals surface area (Å²) < 4.78 is 0. The number of carbonyl (C=O) groups excluding carboxylic acids is 2. The highest BCUT2D eigenvalue weighted by molar-refractivity contribution is 6.34. The normalized spacial score (nSPS) is 13.8. The van der Waals surface area contributed by atoms with Crippen LogP contribution in [0.5, 0.6) is 5.75 Å². The fraction of sp³-hybridized carbons (Fsp3) is 0.333. The second kappa shape index (κ2) is 4.86. The first kappa shape index (κ1) is 12.7. The molecule has 6 heteroatoms. The summed E-state index contributed by atoms with van der Waals surface area (Å²) in [6.45, 7) is 1.71. The van der Waals surface area contributed by atoms with Crippen LogP contribution in [-0.4, -0.2) is 16.9 Å². The van der Waals surface area contributed by atoms with Gasteiger partial charge in [0.05, 0.1) is 16.4 Å². The molecule has 1 aromatic rings. The highest BCUT2D eigenvalue weighted by Gasteiger charge is 2.23. The van der Waals surface area contributed by atoms with Crippen LogP contribution in [0.4, 0.5) is 11.4 Å². The van der Waals surface area contributed by atoms with E-state index in [2.05, 4.69) is 10.6 Å². The van der Waals surface area contributed by atoms with E-state index in [0.717, 1.165) is 0 Å². The molecule has 96 valence electrons. The number of rotatable bonds is 2. The number of hydrogen-bond donors (Lipinski definition) is 3. The SMILES string of the molecule is CCC(=O)Nc1cc(Cl)c2c(c1O)CCC(=O)N2. The lowest BCUT2D eigenvalue weighted by molar-refractivity contribution is -0.117. The first-order valence-corrected chi connectivity index (χ1v) is 6.04. The summed E-state index contributed by atoms with van der Waals surface area (Å²) in [7, 11) is 0. The average Bonchev–Trinajstić information content (AvgIpc) is 2.35. The number of benzene rings is 1. The molecule has 5 nitrogen and oxygen atoms in total. The predicted octanol–water partition coefficient (Wildman–Crippen LogP) is 2.28. The summed E-state index contributed by atoms with van der Waals surface area (Å²) in [6.07, 6.45) is 1.01. The summed E-state index contributed by atoms with van der Waals surface area (Å²) in [5.41, 5.74) is 1.27. The first-order valence-electron chi connectivity index (χ1n) is 5.67. The molecule has 0 saturated carbocycles. The molecule has 0 fully saturated rings. The Morgan fingerprint density at radius 3 is 2.94 bits per heavy atom. The van der Waals surface area contributed by atoms with Crippen molar-refractivity contribution in [1.29, 1.82) is 0 Å². The Bertz CT molecular complexity index is 529. The lowest BCUT2D eigenvalue weighted by Gasteiger charge is -2.21. The molecule has 2 rings (SSSR count). The van der Waals surface area contributed by atoms with E-state index in [0.29, 0.717) is 35.5 Å². The fourth-order valence-corrected chi connectivity index (χ4v) is 2.12. The Hall–Kier alpha value is -1.75. The topological polar surface area (TPSA) is 78.4 Å². The number of hydrogen-bond acceptors (Lipinski definition) is 3. The lowest BCUT2D eigenvalue weighted by Crippen LogP contribution is -2.20. The van der Waals surface area contributed by atoms with Gasteiger partial charge in [-0.25, -0.2) is 0 Å². The highest BCUT2D eigenvalue weighted by Crippen LogP contribution is 2.41. The van der Waals surface area contributed by atoms with E-state index in [9.17, 15) is 14.7 Å². The summed E-state index contributed by atoms with van der Waals surface area (Å²) in [5.74, 6) is -0.369. The molecule has 0 aromatic heterocycles. The van der Waals surface area contributed by atoms with Crippen molar-refractivity contribution in [2.24, 2.45) is 0 Å². The summed E-state index contributed by atoms with van der Waals surface area (Å²) in [4.78, 5) is 22.6. The number of amides is 2. The van der Waals surface area contributed by atoms with Gasteiger partial charge in [-0.1, -0.05) is 18.5 Å². The lowest BCUT2D eigenvalue weighted by atomic mass is 10.0. The monoisotopic (exact) mass is 268 g/mol. The van der Waals surface area contributed by atoms with E-state index < -0.39 is 0 Å². The van der Waals surface area contributed by atoms with Crippen LogP contribution in [0.25, 0.3) is 0 Å². The number of phenols is 1. The zero-order valence-corrected chi connectivity index (χ0v) is 10.6. The second-order valence-corrected chi connectivity index (χ2v) is 4.47. The number of aromatic hydroxyl groups is 1. The van der Waals surface area contributed by atoms with Gasteiger partial charge >= 0.3 is 0 Å². The molecule has 1 aliphatic heterocycles. The number of nitrogens with one attached hydrogen (secondary N) is 2. The molecule has 1 heterocycles. The van der Waals surface area contributed by atoms with Gasteiger partial charge in [0.25, 0.3) is 0 Å². The van der Waals surface area contributed by atoms with E-state index in [-0.39, 0.29) is 23.3 Å². The minimum Gasteiger partial charge on any atom is -0.505 e. The summed E-state index contributed by atoms with van der Waals surface area (Å²) in [6, 6.07) is 1.44. The summed E-state index contributed by atoms with van der Waals surface area (Å²) in [5, 5.41) is 15.6. The molecule has 0 aliphatic carbocycles. The number of phenolic OH excluding ortho intramolecular Hbond substituents is 1. The third-order valence-corrected chi connectivity index (χ3v) is 3.11. The van der Waals surface area contributed by atoms with E-state index in [1.807, 2.05) is 0 Å². The third-order valence-electron chi connectivity index (χ3n) is 2.81. The molecule has 1 aliphatic rings. The first-order chi connectivity index (χ1) is 8.52. The molecule has 0 saturated heterocycles. The van der Waals surface area contributed by atoms with Gasteiger partial charge in [-0.05, 0) is 12.5 Å². The standard InChI is InChI=1S/C12H13ClN2O3/c1-2-9(16)14-8-5-7(13)11-6(12(8)18)3-4-10(17)15-11/h5,18H,2-4H2,1H3,(H,14,16)(H,15,17). The van der Waals surface area contributed by atoms with Crippen LogP contribution in [0.15, 0.2) is 6.07 Å². The maximum Gasteiger partial charge on any atom is 0.224 e. The van der Waals surface area contributed by atoms with Crippen LogP contribution in [0.2, 0.25) is 5.02 Å². The van der Waals surface area contributed by atoms with Crippen molar-refractivity contribution in [3.63, 3.8) is 0 Å². The van der Waals surface area contributed by atoms with Gasteiger partial charge in [0.1, 0.15) is 5.75 Å². The van der Waals surface area contributed by atoms with Crippen molar-refractivity contribution < 1.29 is 14.7 Å². The smallest absolute Gasteiger partial charge is 0.224 e. The maximum atomic E-state index is 11.3. The van der Waals surface area contributed by atoms with Crippen molar-refractivity contribution >= 4 is 34.8 Å². The molecular formula is C12H13ClN2O3. The van der Waals surface area contributed by atoms with Gasteiger partial charge in [0.2, 0.25) is 11.8 Å². The zero-order valence-electron chi connectivity index (χ0n) is 9.84. The van der Waals surface area contributed by atoms with Crippen molar-refractivity contribution in [2.75, 3.05) is 10.6 Å². The van der Waals surface area contributed by atoms with Crippen LogP contribution < -0.4 is 10.6 Å². The minimum absolute atomic E-state index is 0.0313. The van der Waals surface area contributed by atoms with Crippen LogP contribution >= 0.6 is 11.6 Å². The van der Waals surface area contributed by atoms with Gasteiger partial charge < -0.3 is 15.7 Å². The molecule has 3 N–H and O–H groups in total.